The van der Waals surface area contributed by atoms with Crippen molar-refractivity contribution in [2.45, 2.75) is 45.9 Å². The second kappa shape index (κ2) is 8.09. The third-order valence-corrected chi connectivity index (χ3v) is 5.64. The Balaban J connectivity index is 1.56. The molecule has 0 fully saturated rings. The number of nitrogens with one attached hydrogen (secondary N) is 1. The molecule has 0 radical (unpaired) electrons. The van der Waals surface area contributed by atoms with Crippen LogP contribution in [-0.2, 0) is 6.54 Å². The lowest BCUT2D eigenvalue weighted by molar-refractivity contribution is 0.105. The van der Waals surface area contributed by atoms with E-state index in [-0.39, 0.29) is 23.8 Å². The van der Waals surface area contributed by atoms with Crippen LogP contribution in [0.4, 0.5) is 0 Å². The predicted octanol–water partition coefficient (Wildman–Crippen LogP) is 0.111. The lowest BCUT2D eigenvalue weighted by Crippen LogP contribution is -2.41. The van der Waals surface area contributed by atoms with Gasteiger partial charge in [0.1, 0.15) is 18.4 Å². The van der Waals surface area contributed by atoms with Gasteiger partial charge in [0.25, 0.3) is 11.1 Å². The maximum Gasteiger partial charge on any atom is 0.279 e. The summed E-state index contributed by atoms with van der Waals surface area (Å²) in [6.07, 6.45) is 1.68. The van der Waals surface area contributed by atoms with Crippen LogP contribution in [-0.4, -0.2) is 56.4 Å². The zero-order valence-corrected chi connectivity index (χ0v) is 18.2. The highest BCUT2D eigenvalue weighted by Gasteiger charge is 2.22. The van der Waals surface area contributed by atoms with Crippen LogP contribution in [0, 0.1) is 6.92 Å². The first-order chi connectivity index (χ1) is 16.0. The molecule has 33 heavy (non-hydrogen) atoms. The molecule has 4 aromatic rings. The van der Waals surface area contributed by atoms with Gasteiger partial charge in [0, 0.05) is 0 Å². The van der Waals surface area contributed by atoms with E-state index in [1.165, 1.54) is 15.8 Å². The summed E-state index contributed by atoms with van der Waals surface area (Å²) in [4.78, 5) is 32.3. The van der Waals surface area contributed by atoms with E-state index in [1.54, 1.807) is 35.6 Å². The standard InChI is InChI=1S/C18H21N13O2/c1-4-12(7-30-23-10(2)21-25-30)28-8-19-15-5-14-16(6-13(15)17(28)32)22-26-31(18(14)33)11(3)29-9-20-24-27-29/h5-6,8,11-12H,4,7,9H2,1-3H3,(H,20,27)/t11-,12-/m1/s1. The van der Waals surface area contributed by atoms with Gasteiger partial charge in [-0.05, 0) is 37.6 Å². The molecule has 170 valence electrons. The van der Waals surface area contributed by atoms with E-state index in [0.29, 0.717) is 40.6 Å². The Morgan fingerprint density at radius 3 is 2.58 bits per heavy atom. The number of hydrogen-bond donors (Lipinski definition) is 1. The van der Waals surface area contributed by atoms with E-state index in [1.807, 2.05) is 6.92 Å². The summed E-state index contributed by atoms with van der Waals surface area (Å²) in [5.41, 5.74) is 2.83. The fourth-order valence-corrected chi connectivity index (χ4v) is 3.75. The summed E-state index contributed by atoms with van der Waals surface area (Å²) < 4.78 is 2.79. The first-order valence-corrected chi connectivity index (χ1v) is 10.4. The highest BCUT2D eigenvalue weighted by atomic mass is 16.1. The number of rotatable bonds is 6. The molecule has 1 aliphatic rings. The van der Waals surface area contributed by atoms with Crippen molar-refractivity contribution in [3.8, 4) is 0 Å². The Bertz CT molecular complexity index is 1480. The molecule has 0 unspecified atom stereocenters. The Morgan fingerprint density at radius 1 is 1.09 bits per heavy atom. The molecule has 0 spiro atoms. The Labute approximate surface area is 185 Å². The van der Waals surface area contributed by atoms with Crippen molar-refractivity contribution in [2.24, 2.45) is 10.3 Å². The quantitative estimate of drug-likeness (QED) is 0.397. The molecule has 1 aromatic carbocycles. The largest absolute Gasteiger partial charge is 0.294 e. The molecule has 0 aliphatic carbocycles. The summed E-state index contributed by atoms with van der Waals surface area (Å²) >= 11 is 0. The molecule has 1 aliphatic heterocycles. The molecule has 0 amide bonds. The van der Waals surface area contributed by atoms with Gasteiger partial charge in [-0.15, -0.1) is 15.3 Å². The number of hydrogen-bond acceptors (Lipinski definition) is 12. The molecule has 1 N–H and O–H groups in total. The number of aryl methyl sites for hydroxylation is 1. The molecular weight excluding hydrogens is 430 g/mol. The van der Waals surface area contributed by atoms with Crippen molar-refractivity contribution >= 4 is 21.8 Å². The van der Waals surface area contributed by atoms with Gasteiger partial charge in [-0.2, -0.15) is 19.6 Å². The van der Waals surface area contributed by atoms with Crippen LogP contribution in [0.5, 0.6) is 0 Å². The Hall–Kier alpha value is -4.14. The molecule has 0 bridgehead atoms. The fraction of sp³-hybridized carbons (Fsp3) is 0.444. The highest BCUT2D eigenvalue weighted by molar-refractivity contribution is 5.93. The van der Waals surface area contributed by atoms with Crippen LogP contribution >= 0.6 is 0 Å². The number of fused-ring (bicyclic) bond motifs is 2. The minimum atomic E-state index is -0.472. The summed E-state index contributed by atoms with van der Waals surface area (Å²) in [6.45, 7) is 6.16. The number of benzene rings is 1. The minimum absolute atomic E-state index is 0.220. The van der Waals surface area contributed by atoms with Gasteiger partial charge in [-0.25, -0.2) is 10.5 Å². The number of aromatic nitrogens is 9. The summed E-state index contributed by atoms with van der Waals surface area (Å²) in [5, 5.41) is 30.1. The van der Waals surface area contributed by atoms with E-state index in [2.05, 4.69) is 46.6 Å². The predicted molar refractivity (Wildman–Crippen MR) is 115 cm³/mol. The van der Waals surface area contributed by atoms with Gasteiger partial charge in [0.05, 0.1) is 35.2 Å². The van der Waals surface area contributed by atoms with E-state index < -0.39 is 6.17 Å². The SMILES string of the molecule is CC[C@H](Cn1nnc(C)n1)n1cnc2cc3c(=O)n([C@H](C)N4CN=NN4)nnc3cc2c1=O. The molecular formula is C18H21N13O2. The topological polar surface area (TPSA) is 166 Å². The number of tetrazole rings is 1. The van der Waals surface area contributed by atoms with Gasteiger partial charge < -0.3 is 0 Å². The average Bonchev–Trinajstić information content (AvgIpc) is 3.49. The first-order valence-electron chi connectivity index (χ1n) is 10.4. The minimum Gasteiger partial charge on any atom is -0.294 e. The second-order valence-electron chi connectivity index (χ2n) is 7.72. The maximum atomic E-state index is 13.3. The molecule has 2 atom stereocenters. The number of hydrazine groups is 1. The second-order valence-corrected chi connectivity index (χ2v) is 7.72. The molecule has 15 heteroatoms. The molecule has 4 heterocycles. The first kappa shape index (κ1) is 20.7. The summed E-state index contributed by atoms with van der Waals surface area (Å²) in [7, 11) is 0. The van der Waals surface area contributed by atoms with Crippen molar-refractivity contribution in [1.29, 1.82) is 0 Å². The third-order valence-electron chi connectivity index (χ3n) is 5.64. The number of nitrogens with zero attached hydrogens (tertiary/aromatic N) is 12. The zero-order chi connectivity index (χ0) is 23.1. The van der Waals surface area contributed by atoms with Crippen LogP contribution in [0.15, 0.2) is 38.4 Å². The smallest absolute Gasteiger partial charge is 0.279 e. The van der Waals surface area contributed by atoms with Crippen molar-refractivity contribution in [3.63, 3.8) is 0 Å². The van der Waals surface area contributed by atoms with Gasteiger partial charge in [-0.3, -0.25) is 14.2 Å². The van der Waals surface area contributed by atoms with Crippen LogP contribution in [0.2, 0.25) is 0 Å². The van der Waals surface area contributed by atoms with Crippen molar-refractivity contribution < 1.29 is 0 Å². The van der Waals surface area contributed by atoms with Gasteiger partial charge in [-0.1, -0.05) is 17.4 Å². The van der Waals surface area contributed by atoms with E-state index >= 15 is 0 Å². The van der Waals surface area contributed by atoms with Crippen LogP contribution in [0.25, 0.3) is 21.8 Å². The van der Waals surface area contributed by atoms with Crippen LogP contribution in [0.1, 0.15) is 38.3 Å². The van der Waals surface area contributed by atoms with Gasteiger partial charge >= 0.3 is 0 Å². The normalized spacial score (nSPS) is 15.8. The fourth-order valence-electron chi connectivity index (χ4n) is 3.75. The Morgan fingerprint density at radius 2 is 1.88 bits per heavy atom. The molecule has 5 rings (SSSR count). The molecule has 15 nitrogen and oxygen atoms in total. The highest BCUT2D eigenvalue weighted by Crippen LogP contribution is 2.18. The summed E-state index contributed by atoms with van der Waals surface area (Å²) in [5.74, 6) is 0.558. The molecule has 3 aromatic heterocycles. The van der Waals surface area contributed by atoms with E-state index in [0.717, 1.165) is 0 Å². The summed E-state index contributed by atoms with van der Waals surface area (Å²) in [6, 6.07) is 2.91. The zero-order valence-electron chi connectivity index (χ0n) is 18.2. The van der Waals surface area contributed by atoms with Crippen LogP contribution in [0.3, 0.4) is 0 Å². The van der Waals surface area contributed by atoms with Gasteiger partial charge in [0.2, 0.25) is 0 Å². The van der Waals surface area contributed by atoms with E-state index in [4.69, 9.17) is 0 Å². The van der Waals surface area contributed by atoms with Crippen LogP contribution < -0.4 is 16.7 Å². The average molecular weight is 451 g/mol. The molecule has 0 saturated carbocycles. The van der Waals surface area contributed by atoms with Crippen molar-refractivity contribution in [1.82, 2.24) is 55.3 Å². The van der Waals surface area contributed by atoms with E-state index in [9.17, 15) is 9.59 Å². The lowest BCUT2D eigenvalue weighted by atomic mass is 10.1. The maximum absolute atomic E-state index is 13.3. The van der Waals surface area contributed by atoms with Crippen molar-refractivity contribution in [2.75, 3.05) is 6.67 Å². The monoisotopic (exact) mass is 451 g/mol. The molecule has 0 saturated heterocycles. The third kappa shape index (κ3) is 3.61. The Kier molecular flexibility index (Phi) is 5.08. The van der Waals surface area contributed by atoms with Gasteiger partial charge in [0.15, 0.2) is 5.82 Å². The van der Waals surface area contributed by atoms with Crippen molar-refractivity contribution in [3.05, 3.63) is 45.0 Å². The lowest BCUT2D eigenvalue weighted by Gasteiger charge is -2.21.